The Labute approximate surface area is 331 Å². The van der Waals surface area contributed by atoms with Crippen LogP contribution in [0.1, 0.15) is 49.4 Å². The van der Waals surface area contributed by atoms with Gasteiger partial charge in [0.15, 0.2) is 0 Å². The van der Waals surface area contributed by atoms with Crippen LogP contribution in [-0.4, -0.2) is 68.0 Å². The monoisotopic (exact) mass is 774 g/mol. The minimum Gasteiger partial charge on any atom is -0.372 e. The largest absolute Gasteiger partial charge is 0.372 e. The summed E-state index contributed by atoms with van der Waals surface area (Å²) in [5, 5.41) is 8.72. The first-order valence-corrected chi connectivity index (χ1v) is 19.7. The number of aromatic nitrogens is 6. The topological polar surface area (TPSA) is 95.5 Å². The van der Waals surface area contributed by atoms with Crippen molar-refractivity contribution in [3.8, 4) is 5.69 Å². The third-order valence-electron chi connectivity index (χ3n) is 11.4. The first-order valence-electron chi connectivity index (χ1n) is 19.7. The summed E-state index contributed by atoms with van der Waals surface area (Å²) in [6.45, 7) is 8.75. The molecule has 0 saturated carbocycles. The molecule has 2 aromatic heterocycles. The minimum absolute atomic E-state index is 0.148. The molecule has 2 saturated heterocycles. The van der Waals surface area contributed by atoms with E-state index in [0.29, 0.717) is 31.6 Å². The van der Waals surface area contributed by atoms with Crippen LogP contribution in [0.5, 0.6) is 0 Å². The zero-order chi connectivity index (χ0) is 39.4. The second-order valence-electron chi connectivity index (χ2n) is 15.2. The van der Waals surface area contributed by atoms with Gasteiger partial charge in [-0.05, 0) is 85.7 Å². The van der Waals surface area contributed by atoms with E-state index in [-0.39, 0.29) is 30.3 Å². The molecule has 2 fully saturated rings. The zero-order valence-corrected chi connectivity index (χ0v) is 32.3. The Morgan fingerprint density at radius 2 is 1.53 bits per heavy atom. The van der Waals surface area contributed by atoms with Gasteiger partial charge in [-0.2, -0.15) is 10.2 Å². The van der Waals surface area contributed by atoms with Crippen molar-refractivity contribution in [1.82, 2.24) is 29.1 Å². The van der Waals surface area contributed by atoms with Crippen LogP contribution in [0.15, 0.2) is 121 Å². The Bertz CT molecular complexity index is 2270. The number of benzene rings is 4. The van der Waals surface area contributed by atoms with E-state index < -0.39 is 17.2 Å². The molecule has 0 aliphatic carbocycles. The molecule has 0 amide bonds. The van der Waals surface area contributed by atoms with Gasteiger partial charge in [0.25, 0.3) is 0 Å². The maximum absolute atomic E-state index is 15.1. The Hall–Kier alpha value is -5.66. The normalized spacial score (nSPS) is 19.5. The molecule has 4 heterocycles. The lowest BCUT2D eigenvalue weighted by Gasteiger charge is -2.37. The molecule has 13 heteroatoms. The highest BCUT2D eigenvalue weighted by Crippen LogP contribution is 2.43. The summed E-state index contributed by atoms with van der Waals surface area (Å²) in [7, 11) is 0. The van der Waals surface area contributed by atoms with E-state index in [9.17, 15) is 9.18 Å². The molecule has 0 spiro atoms. The number of hydrogen-bond acceptors (Lipinski definition) is 8. The van der Waals surface area contributed by atoms with Crippen molar-refractivity contribution in [2.75, 3.05) is 42.6 Å². The number of rotatable bonds is 14. The van der Waals surface area contributed by atoms with E-state index in [1.807, 2.05) is 56.3 Å². The molecule has 57 heavy (non-hydrogen) atoms. The molecule has 2 aliphatic heterocycles. The molecule has 4 atom stereocenters. The highest BCUT2D eigenvalue weighted by Gasteiger charge is 2.44. The summed E-state index contributed by atoms with van der Waals surface area (Å²) in [4.78, 5) is 22.3. The zero-order valence-electron chi connectivity index (χ0n) is 32.3. The first kappa shape index (κ1) is 38.2. The highest BCUT2D eigenvalue weighted by molar-refractivity contribution is 5.54. The quantitative estimate of drug-likeness (QED) is 0.117. The highest BCUT2D eigenvalue weighted by atomic mass is 19.1. The van der Waals surface area contributed by atoms with Crippen molar-refractivity contribution in [2.45, 2.75) is 64.0 Å². The number of hydrogen-bond donors (Lipinski definition) is 0. The molecular weight excluding hydrogens is 727 g/mol. The number of anilines is 2. The molecule has 2 aliphatic rings. The molecular formula is C44H48F2N8O3. The third-order valence-corrected chi connectivity index (χ3v) is 11.4. The molecule has 0 N–H and O–H groups in total. The number of piperazine rings is 1. The van der Waals surface area contributed by atoms with Gasteiger partial charge in [0.2, 0.25) is 0 Å². The summed E-state index contributed by atoms with van der Waals surface area (Å²) in [6, 6.07) is 30.3. The van der Waals surface area contributed by atoms with Crippen LogP contribution in [-0.2, 0) is 34.6 Å². The summed E-state index contributed by atoms with van der Waals surface area (Å²) in [5.74, 6) is -1.08. The van der Waals surface area contributed by atoms with E-state index in [1.165, 1.54) is 29.7 Å². The maximum atomic E-state index is 15.1. The van der Waals surface area contributed by atoms with Crippen molar-refractivity contribution < 1.29 is 18.3 Å². The lowest BCUT2D eigenvalue weighted by Crippen LogP contribution is -2.46. The number of nitrogens with zero attached hydrogens (tertiary/aromatic N) is 8. The number of ether oxygens (including phenoxy) is 2. The molecule has 296 valence electrons. The fourth-order valence-corrected chi connectivity index (χ4v) is 8.37. The van der Waals surface area contributed by atoms with Crippen molar-refractivity contribution in [2.24, 2.45) is 5.92 Å². The Kier molecular flexibility index (Phi) is 11.3. The van der Waals surface area contributed by atoms with Gasteiger partial charge in [-0.3, -0.25) is 0 Å². The SMILES string of the molecule is CC[C@@H]([C@H](C)OCc1ccccc1)n1ncn(-c2ccc(N3CCN(c4ccc(C[C@@H]5CO[C@@](Cn6cncn6)(c6ccc(F)cc6F)C5)cc4)CC3)cc2)c1=O. The molecule has 11 nitrogen and oxygen atoms in total. The molecule has 8 rings (SSSR count). The minimum atomic E-state index is -0.965. The van der Waals surface area contributed by atoms with E-state index in [1.54, 1.807) is 26.6 Å². The van der Waals surface area contributed by atoms with Gasteiger partial charge in [0, 0.05) is 49.2 Å². The standard InChI is InChI=1S/C44H48F2N8O3/c1-3-42(32(2)56-26-34-7-5-4-6-8-34)54-43(55)53(31-49-54)39-16-14-38(15-17-39)51-21-19-50(20-22-51)37-12-9-33(10-13-37)23-35-25-44(57-27-35,28-52-30-47-29-48-52)40-18-11-36(45)24-41(40)46/h4-18,24,29-32,35,42H,3,19-23,25-28H2,1-2H3/t32-,35-,42-,44-/m0/s1. The van der Waals surface area contributed by atoms with Crippen LogP contribution in [0, 0.1) is 17.6 Å². The lowest BCUT2D eigenvalue weighted by molar-refractivity contribution is -0.0204. The van der Waals surface area contributed by atoms with E-state index in [0.717, 1.165) is 55.6 Å². The Morgan fingerprint density at radius 3 is 2.18 bits per heavy atom. The predicted octanol–water partition coefficient (Wildman–Crippen LogP) is 6.96. The van der Waals surface area contributed by atoms with Crippen molar-refractivity contribution >= 4 is 11.4 Å². The van der Waals surface area contributed by atoms with Crippen molar-refractivity contribution in [3.05, 3.63) is 155 Å². The summed E-state index contributed by atoms with van der Waals surface area (Å²) >= 11 is 0. The van der Waals surface area contributed by atoms with Crippen LogP contribution in [0.4, 0.5) is 20.2 Å². The molecule has 0 bridgehead atoms. The van der Waals surface area contributed by atoms with Crippen LogP contribution >= 0.6 is 0 Å². The van der Waals surface area contributed by atoms with Crippen molar-refractivity contribution in [1.29, 1.82) is 0 Å². The smallest absolute Gasteiger partial charge is 0.350 e. The van der Waals surface area contributed by atoms with Crippen LogP contribution in [0.2, 0.25) is 0 Å². The Morgan fingerprint density at radius 1 is 0.842 bits per heavy atom. The van der Waals surface area contributed by atoms with Crippen LogP contribution in [0.25, 0.3) is 5.69 Å². The second kappa shape index (κ2) is 16.8. The van der Waals surface area contributed by atoms with Gasteiger partial charge in [0.1, 0.15) is 36.2 Å². The average molecular weight is 775 g/mol. The maximum Gasteiger partial charge on any atom is 0.350 e. The second-order valence-corrected chi connectivity index (χ2v) is 15.2. The first-order chi connectivity index (χ1) is 27.8. The van der Waals surface area contributed by atoms with Crippen molar-refractivity contribution in [3.63, 3.8) is 0 Å². The van der Waals surface area contributed by atoms with Gasteiger partial charge >= 0.3 is 5.69 Å². The lowest BCUT2D eigenvalue weighted by atomic mass is 9.84. The summed E-state index contributed by atoms with van der Waals surface area (Å²) in [6.07, 6.45) is 6.50. The van der Waals surface area contributed by atoms with E-state index in [2.05, 4.69) is 61.4 Å². The molecule has 0 radical (unpaired) electrons. The van der Waals surface area contributed by atoms with Crippen LogP contribution in [0.3, 0.4) is 0 Å². The molecule has 4 aromatic carbocycles. The Balaban J connectivity index is 0.851. The average Bonchev–Trinajstić information content (AvgIpc) is 3.99. The number of halogens is 2. The van der Waals surface area contributed by atoms with Gasteiger partial charge in [-0.15, -0.1) is 0 Å². The van der Waals surface area contributed by atoms with Crippen LogP contribution < -0.4 is 15.5 Å². The molecule has 0 unspecified atom stereocenters. The third kappa shape index (κ3) is 8.40. The van der Waals surface area contributed by atoms with E-state index >= 15 is 4.39 Å². The van der Waals surface area contributed by atoms with Gasteiger partial charge in [0.05, 0.1) is 37.6 Å². The fourth-order valence-electron chi connectivity index (χ4n) is 8.37. The van der Waals surface area contributed by atoms with Gasteiger partial charge < -0.3 is 19.3 Å². The van der Waals surface area contributed by atoms with Gasteiger partial charge in [-0.25, -0.2) is 32.5 Å². The fraction of sp³-hybridized carbons (Fsp3) is 0.364. The summed E-state index contributed by atoms with van der Waals surface area (Å²) in [5.41, 5.74) is 4.53. The predicted molar refractivity (Wildman–Crippen MR) is 215 cm³/mol. The van der Waals surface area contributed by atoms with Gasteiger partial charge in [-0.1, -0.05) is 55.5 Å². The summed E-state index contributed by atoms with van der Waals surface area (Å²) < 4.78 is 46.2. The van der Waals surface area contributed by atoms with E-state index in [4.69, 9.17) is 9.47 Å². The molecule has 6 aromatic rings.